The van der Waals surface area contributed by atoms with Crippen LogP contribution in [0.25, 0.3) is 0 Å². The molecule has 6 aliphatic rings. The van der Waals surface area contributed by atoms with Crippen LogP contribution in [0.3, 0.4) is 0 Å². The molecule has 3 amide bonds. The Hall–Kier alpha value is -7.26. The zero-order chi connectivity index (χ0) is 68.7. The number of sulfonamides is 2. The maximum absolute atomic E-state index is 13.9. The van der Waals surface area contributed by atoms with Gasteiger partial charge in [0.1, 0.15) is 23.7 Å². The molecule has 528 valence electrons. The Kier molecular flexibility index (Phi) is 25.7. The van der Waals surface area contributed by atoms with Crippen molar-refractivity contribution in [2.24, 2.45) is 23.7 Å². The first-order valence-corrected chi connectivity index (χ1v) is 35.2. The number of amides is 3. The fourth-order valence-corrected chi connectivity index (χ4v) is 15.0. The number of nitrogens with zero attached hydrogens (tertiary/aromatic N) is 3. The molecule has 4 fully saturated rings. The Balaban J connectivity index is 0.000000226. The Morgan fingerprint density at radius 2 is 0.958 bits per heavy atom. The second kappa shape index (κ2) is 33.8. The summed E-state index contributed by atoms with van der Waals surface area (Å²) in [6.07, 6.45) is -2.96. The topological polar surface area (TPSA) is 342 Å². The van der Waals surface area contributed by atoms with Crippen LogP contribution >= 0.6 is 0 Å². The van der Waals surface area contributed by atoms with Gasteiger partial charge in [0.2, 0.25) is 39.5 Å². The van der Waals surface area contributed by atoms with Crippen molar-refractivity contribution in [3.63, 3.8) is 0 Å². The number of carboxylic acids is 1. The molecule has 4 saturated heterocycles. The molecule has 0 spiro atoms. The summed E-state index contributed by atoms with van der Waals surface area (Å²) >= 11 is 0. The van der Waals surface area contributed by atoms with Gasteiger partial charge < -0.3 is 87.7 Å². The summed E-state index contributed by atoms with van der Waals surface area (Å²) in [5.41, 5.74) is 1.50. The second-order valence-electron chi connectivity index (χ2n) is 25.3. The van der Waals surface area contributed by atoms with Gasteiger partial charge in [-0.05, 0) is 110 Å². The second-order valence-corrected chi connectivity index (χ2v) is 29.2. The number of hydrogen-bond acceptors (Lipinski definition) is 22. The summed E-state index contributed by atoms with van der Waals surface area (Å²) < 4.78 is 124. The molecule has 0 saturated carbocycles. The SMILES string of the molecule is CC(C)CN(C[C@@H](O)[C@H](Cc1ccc(OCCCC(=O)N(C)C)cc1)NC(=O)O[C@@H]1CO[C@H]2OCC[C@H]21)S(=O)(=O)c1ccc2c(c1)OCO2.CC(C)CN(C[C@@H](O)[C@H](Cc1ccc(OCCCC(=O)O)cc1)NC(=O)O[C@H]1CO[C@H]2OCC[C@H]21)S(=O)(=O)c1ccc2c(c1)OCO2. The first-order chi connectivity index (χ1) is 45.9. The van der Waals surface area contributed by atoms with E-state index in [0.29, 0.717) is 86.4 Å². The Bertz CT molecular complexity index is 3470. The molecular weight excluding hydrogens is 1290 g/mol. The molecule has 4 aromatic carbocycles. The summed E-state index contributed by atoms with van der Waals surface area (Å²) in [6.45, 7) is 9.19. The molecule has 28 nitrogen and oxygen atoms in total. The average molecular weight is 1380 g/mol. The zero-order valence-electron chi connectivity index (χ0n) is 54.8. The van der Waals surface area contributed by atoms with Crippen molar-refractivity contribution in [2.45, 2.75) is 138 Å². The third-order valence-corrected chi connectivity index (χ3v) is 20.4. The van der Waals surface area contributed by atoms with E-state index in [2.05, 4.69) is 10.6 Å². The molecular formula is C66H89N5O23S2. The van der Waals surface area contributed by atoms with E-state index < -0.39 is 87.3 Å². The third-order valence-electron chi connectivity index (χ3n) is 16.8. The fourth-order valence-electron chi connectivity index (χ4n) is 11.7. The standard InChI is InChI=1S/C34H47N3O11S.C32H42N2O12S/c1-22(2)18-37(49(41,42)25-11-12-29-30(17-25)47-21-46-29)19-28(38)27(35-34(40)48-31-20-45-33-26(31)13-15-44-33)16-23-7-9-24(10-8-23)43-14-5-6-32(39)36(3)4;1-20(2)16-34(47(39,40)23-9-10-27-28(15-23)45-19-44-27)17-26(35)25(33-32(38)46-29-18-43-31-24(29)11-13-42-31)14-21-5-7-22(8-6-21)41-12-3-4-30(36)37/h7-12,17,22,26-28,31,33,38H,5-6,13-16,18-21H2,1-4H3,(H,35,40);5-10,15,20,24-26,29,31,35H,3-4,11-14,16-19H2,1-2H3,(H,33,38)(H,36,37)/t26-,27-,28+,31+,33+;24-,25-,26+,29-,31+/m00/s1. The number of nitrogens with one attached hydrogen (secondary N) is 2. The van der Waals surface area contributed by atoms with Crippen LogP contribution in [-0.4, -0.2) is 212 Å². The predicted molar refractivity (Wildman–Crippen MR) is 342 cm³/mol. The van der Waals surface area contributed by atoms with Crippen LogP contribution in [0, 0.1) is 23.7 Å². The van der Waals surface area contributed by atoms with Crippen molar-refractivity contribution in [2.75, 3.05) is 93.5 Å². The van der Waals surface area contributed by atoms with E-state index in [9.17, 15) is 46.2 Å². The number of rotatable bonds is 32. The van der Waals surface area contributed by atoms with Crippen LogP contribution in [0.15, 0.2) is 94.7 Å². The number of carbonyl (C=O) groups is 4. The number of aliphatic hydroxyl groups is 2. The fraction of sp³-hybridized carbons (Fsp3) is 0.576. The van der Waals surface area contributed by atoms with E-state index in [4.69, 9.17) is 61.9 Å². The van der Waals surface area contributed by atoms with Crippen LogP contribution in [0.2, 0.25) is 0 Å². The van der Waals surface area contributed by atoms with Crippen molar-refractivity contribution >= 4 is 44.1 Å². The molecule has 5 N–H and O–H groups in total. The molecule has 10 atom stereocenters. The van der Waals surface area contributed by atoms with Gasteiger partial charge >= 0.3 is 18.2 Å². The predicted octanol–water partition coefficient (Wildman–Crippen LogP) is 5.53. The summed E-state index contributed by atoms with van der Waals surface area (Å²) in [7, 11) is -4.74. The lowest BCUT2D eigenvalue weighted by Crippen LogP contribution is -2.51. The number of benzene rings is 4. The lowest BCUT2D eigenvalue weighted by Gasteiger charge is -2.31. The number of aliphatic carboxylic acids is 1. The van der Waals surface area contributed by atoms with Gasteiger partial charge in [-0.2, -0.15) is 8.61 Å². The first kappa shape index (κ1) is 73.0. The van der Waals surface area contributed by atoms with Crippen molar-refractivity contribution in [1.82, 2.24) is 24.1 Å². The monoisotopic (exact) mass is 1380 g/mol. The van der Waals surface area contributed by atoms with Crippen LogP contribution in [0.1, 0.15) is 77.3 Å². The zero-order valence-corrected chi connectivity index (χ0v) is 56.5. The molecule has 30 heteroatoms. The van der Waals surface area contributed by atoms with Gasteiger partial charge in [0.25, 0.3) is 0 Å². The highest BCUT2D eigenvalue weighted by Crippen LogP contribution is 2.38. The van der Waals surface area contributed by atoms with Crippen LogP contribution in [-0.2, 0) is 70.9 Å². The maximum atomic E-state index is 13.9. The molecule has 0 aliphatic carbocycles. The van der Waals surface area contributed by atoms with Gasteiger partial charge in [-0.15, -0.1) is 0 Å². The minimum atomic E-state index is -4.09. The van der Waals surface area contributed by atoms with Gasteiger partial charge in [0, 0.05) is 65.2 Å². The largest absolute Gasteiger partial charge is 0.494 e. The molecule has 0 radical (unpaired) electrons. The highest BCUT2D eigenvalue weighted by Gasteiger charge is 2.46. The molecule has 6 heterocycles. The summed E-state index contributed by atoms with van der Waals surface area (Å²) in [5, 5.41) is 37.6. The number of alkyl carbamates (subject to hydrolysis) is 2. The van der Waals surface area contributed by atoms with Crippen LogP contribution in [0.5, 0.6) is 34.5 Å². The molecule has 10 rings (SSSR count). The van der Waals surface area contributed by atoms with E-state index in [1.54, 1.807) is 61.5 Å². The number of ether oxygens (including phenoxy) is 12. The molecule has 0 aromatic heterocycles. The van der Waals surface area contributed by atoms with Gasteiger partial charge in [-0.25, -0.2) is 26.4 Å². The van der Waals surface area contributed by atoms with Crippen LogP contribution in [0.4, 0.5) is 9.59 Å². The maximum Gasteiger partial charge on any atom is 0.407 e. The molecule has 6 aliphatic heterocycles. The van der Waals surface area contributed by atoms with E-state index in [1.807, 2.05) is 39.8 Å². The number of carboxylic acid groups (broad SMARTS) is 1. The quantitative estimate of drug-likeness (QED) is 0.0375. The van der Waals surface area contributed by atoms with Gasteiger partial charge in [0.15, 0.2) is 35.6 Å². The van der Waals surface area contributed by atoms with Crippen LogP contribution < -0.4 is 39.1 Å². The Labute approximate surface area is 559 Å². The number of fused-ring (bicyclic) bond motifs is 4. The number of hydrogen-bond donors (Lipinski definition) is 5. The van der Waals surface area contributed by atoms with Crippen molar-refractivity contribution < 1.29 is 108 Å². The minimum Gasteiger partial charge on any atom is -0.494 e. The van der Waals surface area contributed by atoms with Crippen molar-refractivity contribution in [3.05, 3.63) is 96.1 Å². The Morgan fingerprint density at radius 1 is 0.552 bits per heavy atom. The van der Waals surface area contributed by atoms with E-state index in [0.717, 1.165) is 11.1 Å². The highest BCUT2D eigenvalue weighted by molar-refractivity contribution is 7.89. The van der Waals surface area contributed by atoms with E-state index in [1.165, 1.54) is 38.9 Å². The lowest BCUT2D eigenvalue weighted by atomic mass is 10.0. The van der Waals surface area contributed by atoms with Crippen molar-refractivity contribution in [3.8, 4) is 34.5 Å². The first-order valence-electron chi connectivity index (χ1n) is 32.3. The average Bonchev–Trinajstić information content (AvgIpc) is 1.20. The van der Waals surface area contributed by atoms with E-state index in [-0.39, 0.29) is 118 Å². The number of carbonyl (C=O) groups excluding carboxylic acids is 3. The van der Waals surface area contributed by atoms with Gasteiger partial charge in [0.05, 0.1) is 85.6 Å². The lowest BCUT2D eigenvalue weighted by molar-refractivity contribution is -0.137. The third kappa shape index (κ3) is 20.0. The summed E-state index contributed by atoms with van der Waals surface area (Å²) in [4.78, 5) is 50.5. The molecule has 4 aromatic rings. The number of aliphatic hydroxyl groups excluding tert-OH is 2. The smallest absolute Gasteiger partial charge is 0.407 e. The molecule has 0 unspecified atom stereocenters. The molecule has 96 heavy (non-hydrogen) atoms. The Morgan fingerprint density at radius 3 is 1.35 bits per heavy atom. The highest BCUT2D eigenvalue weighted by atomic mass is 32.2. The van der Waals surface area contributed by atoms with Gasteiger partial charge in [-0.3, -0.25) is 9.59 Å². The minimum absolute atomic E-state index is 0.000950. The van der Waals surface area contributed by atoms with Gasteiger partial charge in [-0.1, -0.05) is 52.0 Å². The van der Waals surface area contributed by atoms with E-state index >= 15 is 0 Å². The normalized spacial score (nSPS) is 21.2. The summed E-state index contributed by atoms with van der Waals surface area (Å²) in [5.74, 6) is 1.53. The summed E-state index contributed by atoms with van der Waals surface area (Å²) in [6, 6.07) is 21.0. The van der Waals surface area contributed by atoms with Crippen molar-refractivity contribution in [1.29, 1.82) is 0 Å². The molecule has 0 bridgehead atoms.